The van der Waals surface area contributed by atoms with Crippen molar-refractivity contribution >= 4 is 40.0 Å². The Morgan fingerprint density at radius 1 is 1.23 bits per heavy atom. The first-order chi connectivity index (χ1) is 15.2. The minimum absolute atomic E-state index is 0.0298. The number of unbranched alkanes of at least 4 members (excludes halogenated alkanes) is 1. The summed E-state index contributed by atoms with van der Waals surface area (Å²) >= 11 is 7.85. The summed E-state index contributed by atoms with van der Waals surface area (Å²) in [5, 5.41) is 10.8. The van der Waals surface area contributed by atoms with E-state index in [1.54, 1.807) is 4.57 Å². The van der Waals surface area contributed by atoms with Gasteiger partial charge in [-0.2, -0.15) is 0 Å². The van der Waals surface area contributed by atoms with Gasteiger partial charge in [0, 0.05) is 28.4 Å². The van der Waals surface area contributed by atoms with Crippen LogP contribution in [0.25, 0.3) is 16.7 Å². The fourth-order valence-corrected chi connectivity index (χ4v) is 5.02. The lowest BCUT2D eigenvalue weighted by molar-refractivity contribution is -0.0168. The molecule has 0 N–H and O–H groups in total. The maximum absolute atomic E-state index is 13.1. The van der Waals surface area contributed by atoms with Crippen molar-refractivity contribution < 1.29 is 9.47 Å². The molecular formula is C22H21ClN4O3S. The molecule has 3 heterocycles. The molecule has 5 rings (SSSR count). The summed E-state index contributed by atoms with van der Waals surface area (Å²) in [5.74, 6) is 1.99. The maximum atomic E-state index is 13.1. The number of benzene rings is 2. The maximum Gasteiger partial charge on any atom is 0.262 e. The van der Waals surface area contributed by atoms with E-state index in [0.29, 0.717) is 35.1 Å². The van der Waals surface area contributed by atoms with Gasteiger partial charge in [0.2, 0.25) is 5.78 Å². The number of halogens is 1. The van der Waals surface area contributed by atoms with E-state index in [4.69, 9.17) is 21.1 Å². The van der Waals surface area contributed by atoms with Crippen LogP contribution in [0.4, 0.5) is 0 Å². The average Bonchev–Trinajstić information content (AvgIpc) is 3.21. The first kappa shape index (κ1) is 20.4. The van der Waals surface area contributed by atoms with Crippen LogP contribution in [0.15, 0.2) is 46.3 Å². The Morgan fingerprint density at radius 3 is 2.97 bits per heavy atom. The van der Waals surface area contributed by atoms with Crippen LogP contribution in [0, 0.1) is 0 Å². The molecule has 7 nitrogen and oxygen atoms in total. The van der Waals surface area contributed by atoms with Crippen molar-refractivity contribution in [3.8, 4) is 5.75 Å². The van der Waals surface area contributed by atoms with Gasteiger partial charge in [-0.05, 0) is 30.7 Å². The van der Waals surface area contributed by atoms with Crippen LogP contribution in [0.1, 0.15) is 30.9 Å². The Morgan fingerprint density at radius 2 is 2.10 bits per heavy atom. The molecule has 31 heavy (non-hydrogen) atoms. The standard InChI is InChI=1S/C22H21ClN4O3S/c1-2-3-8-26-20(28)17-6-4-5-7-18(17)27-21(26)24-25-22(27)31-12-15-10-16(23)9-14-11-29-13-30-19(14)15/h4-7,9-10H,2-3,8,11-13H2,1H3. The lowest BCUT2D eigenvalue weighted by atomic mass is 10.1. The number of hydrogen-bond acceptors (Lipinski definition) is 6. The number of rotatable bonds is 6. The van der Waals surface area contributed by atoms with E-state index in [2.05, 4.69) is 17.1 Å². The Hall–Kier alpha value is -2.55. The van der Waals surface area contributed by atoms with Crippen LogP contribution in [-0.4, -0.2) is 26.0 Å². The number of ether oxygens (including phenoxy) is 2. The number of hydrogen-bond donors (Lipinski definition) is 0. The largest absolute Gasteiger partial charge is 0.467 e. The molecule has 2 aromatic carbocycles. The van der Waals surface area contributed by atoms with Gasteiger partial charge >= 0.3 is 0 Å². The summed E-state index contributed by atoms with van der Waals surface area (Å²) in [6.07, 6.45) is 1.89. The van der Waals surface area contributed by atoms with Gasteiger partial charge in [-0.1, -0.05) is 48.8 Å². The Balaban J connectivity index is 1.58. The Labute approximate surface area is 187 Å². The van der Waals surface area contributed by atoms with E-state index in [-0.39, 0.29) is 12.4 Å². The SMILES string of the molecule is CCCCn1c(=O)c2ccccc2n2c(SCc3cc(Cl)cc4c3OCOC4)nnc12. The minimum atomic E-state index is -0.0298. The third-order valence-electron chi connectivity index (χ3n) is 5.32. The lowest BCUT2D eigenvalue weighted by Gasteiger charge is -2.20. The van der Waals surface area contributed by atoms with E-state index >= 15 is 0 Å². The second-order valence-electron chi connectivity index (χ2n) is 7.40. The summed E-state index contributed by atoms with van der Waals surface area (Å²) in [5.41, 5.74) is 2.70. The molecule has 2 aromatic heterocycles. The summed E-state index contributed by atoms with van der Waals surface area (Å²) < 4.78 is 14.8. The molecule has 0 amide bonds. The van der Waals surface area contributed by atoms with Gasteiger partial charge < -0.3 is 9.47 Å². The number of aryl methyl sites for hydroxylation is 1. The molecule has 0 saturated carbocycles. The topological polar surface area (TPSA) is 70.7 Å². The molecule has 9 heteroatoms. The van der Waals surface area contributed by atoms with E-state index < -0.39 is 0 Å². The normalized spacial score (nSPS) is 13.5. The van der Waals surface area contributed by atoms with Gasteiger partial charge in [-0.3, -0.25) is 13.8 Å². The quantitative estimate of drug-likeness (QED) is 0.393. The van der Waals surface area contributed by atoms with Crippen LogP contribution >= 0.6 is 23.4 Å². The predicted octanol–water partition coefficient (Wildman–Crippen LogP) is 4.66. The summed E-state index contributed by atoms with van der Waals surface area (Å²) in [4.78, 5) is 13.1. The Bertz CT molecular complexity index is 1330. The highest BCUT2D eigenvalue weighted by molar-refractivity contribution is 7.98. The van der Waals surface area contributed by atoms with Gasteiger partial charge in [-0.25, -0.2) is 0 Å². The van der Waals surface area contributed by atoms with E-state index in [1.807, 2.05) is 40.8 Å². The Kier molecular flexibility index (Phi) is 5.60. The van der Waals surface area contributed by atoms with Gasteiger partial charge in [0.1, 0.15) is 5.75 Å². The van der Waals surface area contributed by atoms with Crippen molar-refractivity contribution in [1.29, 1.82) is 0 Å². The van der Waals surface area contributed by atoms with Crippen molar-refractivity contribution in [2.75, 3.05) is 6.79 Å². The molecule has 0 unspecified atom stereocenters. The highest BCUT2D eigenvalue weighted by Gasteiger charge is 2.20. The monoisotopic (exact) mass is 456 g/mol. The highest BCUT2D eigenvalue weighted by Crippen LogP contribution is 2.35. The number of nitrogens with zero attached hydrogens (tertiary/aromatic N) is 4. The number of fused-ring (bicyclic) bond motifs is 4. The summed E-state index contributed by atoms with van der Waals surface area (Å²) in [6.45, 7) is 3.43. The molecule has 4 aromatic rings. The van der Waals surface area contributed by atoms with Crippen molar-refractivity contribution in [2.24, 2.45) is 0 Å². The van der Waals surface area contributed by atoms with Crippen LogP contribution in [0.2, 0.25) is 5.02 Å². The average molecular weight is 457 g/mol. The van der Waals surface area contributed by atoms with Crippen LogP contribution in [0.5, 0.6) is 5.75 Å². The molecule has 0 fully saturated rings. The van der Waals surface area contributed by atoms with Crippen LogP contribution in [-0.2, 0) is 23.6 Å². The summed E-state index contributed by atoms with van der Waals surface area (Å²) in [6, 6.07) is 11.4. The first-order valence-corrected chi connectivity index (χ1v) is 11.5. The van der Waals surface area contributed by atoms with Gasteiger partial charge in [-0.15, -0.1) is 10.2 Å². The molecule has 0 atom stereocenters. The van der Waals surface area contributed by atoms with E-state index in [9.17, 15) is 4.79 Å². The van der Waals surface area contributed by atoms with E-state index in [1.165, 1.54) is 11.8 Å². The molecule has 0 saturated heterocycles. The number of thioether (sulfide) groups is 1. The minimum Gasteiger partial charge on any atom is -0.467 e. The number of para-hydroxylation sites is 1. The van der Waals surface area contributed by atoms with E-state index in [0.717, 1.165) is 40.4 Å². The predicted molar refractivity (Wildman–Crippen MR) is 121 cm³/mol. The molecule has 160 valence electrons. The zero-order chi connectivity index (χ0) is 21.4. The first-order valence-electron chi connectivity index (χ1n) is 10.2. The van der Waals surface area contributed by atoms with Gasteiger partial charge in [0.25, 0.3) is 5.56 Å². The zero-order valence-electron chi connectivity index (χ0n) is 17.0. The van der Waals surface area contributed by atoms with Crippen molar-refractivity contribution in [3.63, 3.8) is 0 Å². The van der Waals surface area contributed by atoms with Gasteiger partial charge in [0.15, 0.2) is 11.9 Å². The fraction of sp³-hybridized carbons (Fsp3) is 0.318. The molecule has 0 aliphatic carbocycles. The van der Waals surface area contributed by atoms with Crippen molar-refractivity contribution in [1.82, 2.24) is 19.2 Å². The third-order valence-corrected chi connectivity index (χ3v) is 6.52. The van der Waals surface area contributed by atoms with Crippen molar-refractivity contribution in [3.05, 3.63) is 62.9 Å². The van der Waals surface area contributed by atoms with Crippen LogP contribution < -0.4 is 10.3 Å². The fourth-order valence-electron chi connectivity index (χ4n) is 3.85. The lowest BCUT2D eigenvalue weighted by Crippen LogP contribution is -2.23. The summed E-state index contributed by atoms with van der Waals surface area (Å²) in [7, 11) is 0. The smallest absolute Gasteiger partial charge is 0.262 e. The molecule has 0 radical (unpaired) electrons. The molecule has 0 spiro atoms. The highest BCUT2D eigenvalue weighted by atomic mass is 35.5. The van der Waals surface area contributed by atoms with Crippen LogP contribution in [0.3, 0.4) is 0 Å². The van der Waals surface area contributed by atoms with Crippen molar-refractivity contribution in [2.45, 2.75) is 43.8 Å². The zero-order valence-corrected chi connectivity index (χ0v) is 18.6. The number of aromatic nitrogens is 4. The third kappa shape index (κ3) is 3.69. The molecular weight excluding hydrogens is 436 g/mol. The molecule has 0 bridgehead atoms. The molecule has 1 aliphatic heterocycles. The molecule has 1 aliphatic rings. The second-order valence-corrected chi connectivity index (χ2v) is 8.78. The second kappa shape index (κ2) is 8.53. The van der Waals surface area contributed by atoms with Gasteiger partial charge in [0.05, 0.1) is 17.5 Å².